The predicted octanol–water partition coefficient (Wildman–Crippen LogP) is -0.123. The molecule has 0 bridgehead atoms. The van der Waals surface area contributed by atoms with Crippen LogP contribution in [0.3, 0.4) is 0 Å². The third-order valence-corrected chi connectivity index (χ3v) is 4.69. The summed E-state index contributed by atoms with van der Waals surface area (Å²) in [6.45, 7) is -0.207. The van der Waals surface area contributed by atoms with Gasteiger partial charge in [-0.25, -0.2) is 13.1 Å². The molecule has 1 heterocycles. The third kappa shape index (κ3) is 1.95. The van der Waals surface area contributed by atoms with Crippen molar-refractivity contribution in [1.82, 2.24) is 14.5 Å². The average Bonchev–Trinajstić information content (AvgIpc) is 2.86. The van der Waals surface area contributed by atoms with Gasteiger partial charge in [-0.15, -0.1) is 0 Å². The first-order chi connectivity index (χ1) is 7.40. The van der Waals surface area contributed by atoms with Crippen molar-refractivity contribution in [2.45, 2.75) is 23.4 Å². The summed E-state index contributed by atoms with van der Waals surface area (Å²) in [6, 6.07) is 0. The molecule has 0 radical (unpaired) electrons. The molecule has 1 aliphatic rings. The molecule has 0 aliphatic heterocycles. The monoisotopic (exact) mass is 265 g/mol. The second kappa shape index (κ2) is 3.69. The van der Waals surface area contributed by atoms with E-state index in [1.165, 1.54) is 17.9 Å². The largest absolute Gasteiger partial charge is 0.394 e. The minimum atomic E-state index is -3.73. The lowest BCUT2D eigenvalue weighted by atomic mass is 10.3. The molecule has 0 aromatic carbocycles. The van der Waals surface area contributed by atoms with Crippen LogP contribution in [0.4, 0.5) is 0 Å². The lowest BCUT2D eigenvalue weighted by molar-refractivity contribution is 0.246. The van der Waals surface area contributed by atoms with Crippen molar-refractivity contribution in [2.75, 3.05) is 6.61 Å². The lowest BCUT2D eigenvalue weighted by Gasteiger charge is -2.14. The van der Waals surface area contributed by atoms with Crippen LogP contribution < -0.4 is 4.72 Å². The van der Waals surface area contributed by atoms with Crippen LogP contribution in [0.25, 0.3) is 0 Å². The first-order valence-electron chi connectivity index (χ1n) is 4.73. The van der Waals surface area contributed by atoms with Crippen LogP contribution in [0.15, 0.2) is 11.2 Å². The SMILES string of the molecule is Cn1ncc(Cl)c1S(=O)(=O)NC1(CO)CC1. The standard InChI is InChI=1S/C8H12ClN3O3S/c1-12-7(6(9)4-10-12)16(14,15)11-8(5-13)2-3-8/h4,11,13H,2-3,5H2,1H3. The van der Waals surface area contributed by atoms with Gasteiger partial charge < -0.3 is 5.11 Å². The van der Waals surface area contributed by atoms with Gasteiger partial charge in [-0.2, -0.15) is 5.10 Å². The zero-order valence-electron chi connectivity index (χ0n) is 8.64. The topological polar surface area (TPSA) is 84.2 Å². The third-order valence-electron chi connectivity index (χ3n) is 2.60. The maximum atomic E-state index is 12.0. The van der Waals surface area contributed by atoms with Crippen LogP contribution in [0.2, 0.25) is 5.02 Å². The molecule has 0 spiro atoms. The molecular weight excluding hydrogens is 254 g/mol. The van der Waals surface area contributed by atoms with Crippen LogP contribution >= 0.6 is 11.6 Å². The molecule has 1 saturated carbocycles. The molecule has 1 aliphatic carbocycles. The summed E-state index contributed by atoms with van der Waals surface area (Å²) >= 11 is 5.76. The number of nitrogens with zero attached hydrogens (tertiary/aromatic N) is 2. The smallest absolute Gasteiger partial charge is 0.259 e. The van der Waals surface area contributed by atoms with E-state index in [1.807, 2.05) is 0 Å². The first kappa shape index (κ1) is 11.8. The Morgan fingerprint density at radius 1 is 1.69 bits per heavy atom. The van der Waals surface area contributed by atoms with E-state index in [1.54, 1.807) is 0 Å². The van der Waals surface area contributed by atoms with Crippen molar-refractivity contribution in [3.05, 3.63) is 11.2 Å². The maximum Gasteiger partial charge on any atom is 0.259 e. The summed E-state index contributed by atoms with van der Waals surface area (Å²) in [5, 5.41) is 12.8. The van der Waals surface area contributed by atoms with Crippen LogP contribution in [0, 0.1) is 0 Å². The highest BCUT2D eigenvalue weighted by atomic mass is 35.5. The van der Waals surface area contributed by atoms with E-state index < -0.39 is 15.6 Å². The number of nitrogens with one attached hydrogen (secondary N) is 1. The molecule has 16 heavy (non-hydrogen) atoms. The number of hydrogen-bond acceptors (Lipinski definition) is 4. The molecule has 0 unspecified atom stereocenters. The number of aromatic nitrogens is 2. The molecule has 0 amide bonds. The van der Waals surface area contributed by atoms with Crippen molar-refractivity contribution in [1.29, 1.82) is 0 Å². The molecule has 90 valence electrons. The molecule has 0 atom stereocenters. The van der Waals surface area contributed by atoms with E-state index in [0.29, 0.717) is 12.8 Å². The summed E-state index contributed by atoms with van der Waals surface area (Å²) in [6.07, 6.45) is 2.55. The van der Waals surface area contributed by atoms with E-state index >= 15 is 0 Å². The normalized spacial score (nSPS) is 18.7. The number of halogens is 1. The Hall–Kier alpha value is -0.630. The lowest BCUT2D eigenvalue weighted by Crippen LogP contribution is -2.40. The van der Waals surface area contributed by atoms with Gasteiger partial charge in [-0.3, -0.25) is 4.68 Å². The van der Waals surface area contributed by atoms with Crippen LogP contribution in [0.5, 0.6) is 0 Å². The number of aliphatic hydroxyl groups excluding tert-OH is 1. The Morgan fingerprint density at radius 2 is 2.31 bits per heavy atom. The van der Waals surface area contributed by atoms with E-state index in [4.69, 9.17) is 16.7 Å². The van der Waals surface area contributed by atoms with Gasteiger partial charge >= 0.3 is 0 Å². The summed E-state index contributed by atoms with van der Waals surface area (Å²) in [5.41, 5.74) is -0.702. The zero-order valence-corrected chi connectivity index (χ0v) is 10.2. The fraction of sp³-hybridized carbons (Fsp3) is 0.625. The van der Waals surface area contributed by atoms with Crippen molar-refractivity contribution >= 4 is 21.6 Å². The summed E-state index contributed by atoms with van der Waals surface area (Å²) in [4.78, 5) is 0. The van der Waals surface area contributed by atoms with Gasteiger partial charge in [-0.05, 0) is 12.8 Å². The zero-order chi connectivity index (χ0) is 12.0. The molecule has 1 aromatic heterocycles. The first-order valence-corrected chi connectivity index (χ1v) is 6.59. The van der Waals surface area contributed by atoms with Gasteiger partial charge in [0.2, 0.25) is 0 Å². The van der Waals surface area contributed by atoms with Gasteiger partial charge in [0.1, 0.15) is 0 Å². The van der Waals surface area contributed by atoms with Gasteiger partial charge in [0, 0.05) is 7.05 Å². The quantitative estimate of drug-likeness (QED) is 0.795. The average molecular weight is 266 g/mol. The molecule has 1 fully saturated rings. The number of hydrogen-bond donors (Lipinski definition) is 2. The molecule has 1 aromatic rings. The number of aryl methyl sites for hydroxylation is 1. The van der Waals surface area contributed by atoms with E-state index in [-0.39, 0.29) is 16.7 Å². The highest BCUT2D eigenvalue weighted by Gasteiger charge is 2.46. The summed E-state index contributed by atoms with van der Waals surface area (Å²) in [7, 11) is -2.23. The molecule has 2 rings (SSSR count). The molecule has 2 N–H and O–H groups in total. The number of sulfonamides is 1. The second-order valence-corrected chi connectivity index (χ2v) is 5.97. The van der Waals surface area contributed by atoms with Gasteiger partial charge in [0.15, 0.2) is 5.03 Å². The van der Waals surface area contributed by atoms with E-state index in [2.05, 4.69) is 9.82 Å². The number of aliphatic hydroxyl groups is 1. The van der Waals surface area contributed by atoms with Crippen LogP contribution in [-0.4, -0.2) is 35.5 Å². The minimum absolute atomic E-state index is 0.0729. The Labute approximate surface area is 98.3 Å². The summed E-state index contributed by atoms with van der Waals surface area (Å²) in [5.74, 6) is 0. The second-order valence-electron chi connectivity index (χ2n) is 3.97. The van der Waals surface area contributed by atoms with Crippen molar-refractivity contribution in [3.8, 4) is 0 Å². The van der Waals surface area contributed by atoms with Crippen LogP contribution in [-0.2, 0) is 17.1 Å². The van der Waals surface area contributed by atoms with Gasteiger partial charge in [0.05, 0.1) is 23.4 Å². The Balaban J connectivity index is 2.33. The summed E-state index contributed by atoms with van der Waals surface area (Å²) < 4.78 is 27.6. The molecule has 6 nitrogen and oxygen atoms in total. The van der Waals surface area contributed by atoms with Gasteiger partial charge in [-0.1, -0.05) is 11.6 Å². The van der Waals surface area contributed by atoms with E-state index in [0.717, 1.165) is 0 Å². The number of rotatable bonds is 4. The minimum Gasteiger partial charge on any atom is -0.394 e. The van der Waals surface area contributed by atoms with Crippen molar-refractivity contribution < 1.29 is 13.5 Å². The molecule has 8 heteroatoms. The Morgan fingerprint density at radius 3 is 2.69 bits per heavy atom. The predicted molar refractivity (Wildman–Crippen MR) is 57.6 cm³/mol. The fourth-order valence-corrected chi connectivity index (χ4v) is 3.59. The van der Waals surface area contributed by atoms with Crippen molar-refractivity contribution in [3.63, 3.8) is 0 Å². The highest BCUT2D eigenvalue weighted by Crippen LogP contribution is 2.36. The molecule has 0 saturated heterocycles. The Bertz CT molecular complexity index is 487. The van der Waals surface area contributed by atoms with Crippen molar-refractivity contribution in [2.24, 2.45) is 7.05 Å². The maximum absolute atomic E-state index is 12.0. The van der Waals surface area contributed by atoms with Gasteiger partial charge in [0.25, 0.3) is 10.0 Å². The van der Waals surface area contributed by atoms with E-state index in [9.17, 15) is 8.42 Å². The molecular formula is C8H12ClN3O3S. The fourth-order valence-electron chi connectivity index (χ4n) is 1.48. The Kier molecular flexibility index (Phi) is 2.73. The van der Waals surface area contributed by atoms with Crippen LogP contribution in [0.1, 0.15) is 12.8 Å². The highest BCUT2D eigenvalue weighted by molar-refractivity contribution is 7.89.